The summed E-state index contributed by atoms with van der Waals surface area (Å²) >= 11 is 3.47. The second-order valence-corrected chi connectivity index (χ2v) is 7.39. The van der Waals surface area contributed by atoms with E-state index in [2.05, 4.69) is 21.2 Å². The number of rotatable bonds is 4. The number of benzene rings is 2. The maximum atomic E-state index is 12.7. The topological polar surface area (TPSA) is 58.6 Å². The van der Waals surface area contributed by atoms with Gasteiger partial charge in [-0.2, -0.15) is 0 Å². The molecule has 6 heteroatoms. The normalized spacial score (nSPS) is 16.7. The monoisotopic (exact) mass is 416 g/mol. The van der Waals surface area contributed by atoms with Crippen molar-refractivity contribution in [3.63, 3.8) is 0 Å². The van der Waals surface area contributed by atoms with E-state index in [1.165, 1.54) is 0 Å². The lowest BCUT2D eigenvalue weighted by Gasteiger charge is -2.18. The van der Waals surface area contributed by atoms with Gasteiger partial charge in [0.25, 0.3) is 0 Å². The van der Waals surface area contributed by atoms with E-state index in [1.54, 1.807) is 12.0 Å². The third-order valence-electron chi connectivity index (χ3n) is 4.56. The van der Waals surface area contributed by atoms with E-state index in [0.717, 1.165) is 21.3 Å². The molecule has 2 aromatic rings. The number of anilines is 2. The largest absolute Gasteiger partial charge is 0.495 e. The quantitative estimate of drug-likeness (QED) is 0.816. The first-order valence-corrected chi connectivity index (χ1v) is 9.20. The van der Waals surface area contributed by atoms with Crippen LogP contribution < -0.4 is 15.0 Å². The molecule has 0 aliphatic carbocycles. The summed E-state index contributed by atoms with van der Waals surface area (Å²) in [5.41, 5.74) is 3.52. The molecule has 0 aromatic heterocycles. The van der Waals surface area contributed by atoms with Gasteiger partial charge in [0.05, 0.1) is 18.7 Å². The molecule has 1 unspecified atom stereocenters. The Morgan fingerprint density at radius 3 is 2.69 bits per heavy atom. The first-order chi connectivity index (χ1) is 12.4. The maximum Gasteiger partial charge on any atom is 0.229 e. The zero-order valence-corrected chi connectivity index (χ0v) is 16.6. The molecule has 3 rings (SSSR count). The highest BCUT2D eigenvalue weighted by molar-refractivity contribution is 9.10. The number of hydrogen-bond donors (Lipinski definition) is 1. The van der Waals surface area contributed by atoms with Crippen LogP contribution in [0.4, 0.5) is 11.4 Å². The summed E-state index contributed by atoms with van der Waals surface area (Å²) in [5.74, 6) is 0.00648. The van der Waals surface area contributed by atoms with Crippen LogP contribution >= 0.6 is 15.9 Å². The van der Waals surface area contributed by atoms with Gasteiger partial charge in [0.1, 0.15) is 5.75 Å². The molecular weight excluding hydrogens is 396 g/mol. The van der Waals surface area contributed by atoms with Crippen LogP contribution in [0.5, 0.6) is 5.75 Å². The Kier molecular flexibility index (Phi) is 5.32. The van der Waals surface area contributed by atoms with Crippen LogP contribution in [-0.4, -0.2) is 25.5 Å². The number of nitrogens with one attached hydrogen (secondary N) is 1. The molecule has 1 aliphatic heterocycles. The van der Waals surface area contributed by atoms with Gasteiger partial charge in [0, 0.05) is 23.1 Å². The number of carbonyl (C=O) groups is 2. The van der Waals surface area contributed by atoms with Crippen LogP contribution in [0.15, 0.2) is 40.9 Å². The van der Waals surface area contributed by atoms with Crippen molar-refractivity contribution in [2.45, 2.75) is 20.3 Å². The Bertz CT molecular complexity index is 866. The number of aryl methyl sites for hydroxylation is 2. The van der Waals surface area contributed by atoms with E-state index in [1.807, 2.05) is 50.2 Å². The van der Waals surface area contributed by atoms with Gasteiger partial charge in [-0.3, -0.25) is 9.59 Å². The zero-order valence-electron chi connectivity index (χ0n) is 15.0. The molecule has 0 bridgehead atoms. The van der Waals surface area contributed by atoms with Gasteiger partial charge in [-0.1, -0.05) is 22.0 Å². The molecule has 0 saturated carbocycles. The number of hydrogen-bond acceptors (Lipinski definition) is 3. The van der Waals surface area contributed by atoms with Crippen molar-refractivity contribution >= 4 is 39.1 Å². The molecule has 5 nitrogen and oxygen atoms in total. The SMILES string of the molecule is COc1ccc(C)cc1NC(=O)C1CC(=O)N(c2ccc(Br)c(C)c2)C1. The van der Waals surface area contributed by atoms with Crippen molar-refractivity contribution in [2.75, 3.05) is 23.9 Å². The van der Waals surface area contributed by atoms with Gasteiger partial charge in [0.2, 0.25) is 11.8 Å². The highest BCUT2D eigenvalue weighted by atomic mass is 79.9. The van der Waals surface area contributed by atoms with E-state index in [9.17, 15) is 9.59 Å². The summed E-state index contributed by atoms with van der Waals surface area (Å²) in [6, 6.07) is 11.4. The second-order valence-electron chi connectivity index (χ2n) is 6.53. The standard InChI is InChI=1S/C20H21BrN2O3/c1-12-4-7-18(26-3)17(8-12)22-20(25)14-10-19(24)23(11-14)15-5-6-16(21)13(2)9-15/h4-9,14H,10-11H2,1-3H3,(H,22,25). The van der Waals surface area contributed by atoms with Gasteiger partial charge in [0.15, 0.2) is 0 Å². The number of nitrogens with zero attached hydrogens (tertiary/aromatic N) is 1. The minimum atomic E-state index is -0.392. The van der Waals surface area contributed by atoms with Gasteiger partial charge in [-0.25, -0.2) is 0 Å². The number of halogens is 1. The molecule has 136 valence electrons. The fourth-order valence-electron chi connectivity index (χ4n) is 3.08. The molecule has 1 atom stereocenters. The van der Waals surface area contributed by atoms with Crippen LogP contribution in [0.3, 0.4) is 0 Å². The van der Waals surface area contributed by atoms with Crippen molar-refractivity contribution in [3.05, 3.63) is 52.0 Å². The molecule has 1 heterocycles. The Morgan fingerprint density at radius 2 is 2.00 bits per heavy atom. The molecule has 1 aliphatic rings. The van der Waals surface area contributed by atoms with Gasteiger partial charge in [-0.05, 0) is 55.3 Å². The maximum absolute atomic E-state index is 12.7. The number of ether oxygens (including phenoxy) is 1. The average Bonchev–Trinajstić information content (AvgIpc) is 2.99. The van der Waals surface area contributed by atoms with E-state index in [4.69, 9.17) is 4.74 Å². The molecule has 26 heavy (non-hydrogen) atoms. The van der Waals surface area contributed by atoms with E-state index < -0.39 is 5.92 Å². The molecule has 1 saturated heterocycles. The van der Waals surface area contributed by atoms with E-state index >= 15 is 0 Å². The predicted molar refractivity (Wildman–Crippen MR) is 106 cm³/mol. The third kappa shape index (κ3) is 3.75. The van der Waals surface area contributed by atoms with Crippen molar-refractivity contribution in [1.82, 2.24) is 0 Å². The first-order valence-electron chi connectivity index (χ1n) is 8.41. The summed E-state index contributed by atoms with van der Waals surface area (Å²) in [5, 5.41) is 2.91. The molecule has 1 fully saturated rings. The zero-order chi connectivity index (χ0) is 18.8. The minimum absolute atomic E-state index is 0.0388. The lowest BCUT2D eigenvalue weighted by molar-refractivity contribution is -0.122. The van der Waals surface area contributed by atoms with Crippen LogP contribution in [0.1, 0.15) is 17.5 Å². The summed E-state index contributed by atoms with van der Waals surface area (Å²) in [6.45, 7) is 4.30. The number of amides is 2. The second kappa shape index (κ2) is 7.50. The Morgan fingerprint density at radius 1 is 1.23 bits per heavy atom. The predicted octanol–water partition coefficient (Wildman–Crippen LogP) is 4.07. The fourth-order valence-corrected chi connectivity index (χ4v) is 3.33. The van der Waals surface area contributed by atoms with Crippen molar-refractivity contribution < 1.29 is 14.3 Å². The van der Waals surface area contributed by atoms with Crippen LogP contribution in [0.2, 0.25) is 0 Å². The van der Waals surface area contributed by atoms with Gasteiger partial charge in [-0.15, -0.1) is 0 Å². The number of methoxy groups -OCH3 is 1. The Labute approximate surface area is 161 Å². The lowest BCUT2D eigenvalue weighted by atomic mass is 10.1. The minimum Gasteiger partial charge on any atom is -0.495 e. The molecule has 0 radical (unpaired) electrons. The molecule has 1 N–H and O–H groups in total. The lowest BCUT2D eigenvalue weighted by Crippen LogP contribution is -2.28. The summed E-state index contributed by atoms with van der Waals surface area (Å²) in [6.07, 6.45) is 0.203. The average molecular weight is 417 g/mol. The molecular formula is C20H21BrN2O3. The summed E-state index contributed by atoms with van der Waals surface area (Å²) < 4.78 is 6.30. The van der Waals surface area contributed by atoms with Crippen LogP contribution in [0.25, 0.3) is 0 Å². The smallest absolute Gasteiger partial charge is 0.229 e. The third-order valence-corrected chi connectivity index (χ3v) is 5.45. The molecule has 2 amide bonds. The Hall–Kier alpha value is -2.34. The molecule has 2 aromatic carbocycles. The number of carbonyl (C=O) groups excluding carboxylic acids is 2. The van der Waals surface area contributed by atoms with Gasteiger partial charge >= 0.3 is 0 Å². The van der Waals surface area contributed by atoms with Crippen LogP contribution in [-0.2, 0) is 9.59 Å². The highest BCUT2D eigenvalue weighted by Gasteiger charge is 2.35. The van der Waals surface area contributed by atoms with Crippen molar-refractivity contribution in [2.24, 2.45) is 5.92 Å². The molecule has 0 spiro atoms. The summed E-state index contributed by atoms with van der Waals surface area (Å²) in [4.78, 5) is 26.8. The fraction of sp³-hybridized carbons (Fsp3) is 0.300. The van der Waals surface area contributed by atoms with Gasteiger partial charge < -0.3 is 15.0 Å². The van der Waals surface area contributed by atoms with Crippen LogP contribution in [0, 0.1) is 19.8 Å². The van der Waals surface area contributed by atoms with Crippen molar-refractivity contribution in [3.8, 4) is 5.75 Å². The van der Waals surface area contributed by atoms with E-state index in [0.29, 0.717) is 18.0 Å². The highest BCUT2D eigenvalue weighted by Crippen LogP contribution is 2.30. The Balaban J connectivity index is 1.75. The van der Waals surface area contributed by atoms with Crippen molar-refractivity contribution in [1.29, 1.82) is 0 Å². The van der Waals surface area contributed by atoms with E-state index in [-0.39, 0.29) is 18.2 Å². The summed E-state index contributed by atoms with van der Waals surface area (Å²) in [7, 11) is 1.57. The first kappa shape index (κ1) is 18.5.